The molecular weight excluding hydrogens is 432 g/mol. The fourth-order valence-electron chi connectivity index (χ4n) is 3.25. The van der Waals surface area contributed by atoms with Gasteiger partial charge in [-0.3, -0.25) is 9.59 Å². The summed E-state index contributed by atoms with van der Waals surface area (Å²) in [5.41, 5.74) is 1.29. The molecule has 4 rings (SSSR count). The first kappa shape index (κ1) is 23.5. The molecule has 0 atom stereocenters. The van der Waals surface area contributed by atoms with Gasteiger partial charge in [0.25, 0.3) is 11.5 Å². The number of fused-ring (bicyclic) bond motifs is 1. The second kappa shape index (κ2) is 9.56. The van der Waals surface area contributed by atoms with Crippen molar-refractivity contribution in [3.05, 3.63) is 58.4 Å². The first-order valence-corrected chi connectivity index (χ1v) is 12.6. The molecule has 0 unspecified atom stereocenters. The third-order valence-electron chi connectivity index (χ3n) is 4.96. The molecule has 10 heteroatoms. The minimum Gasteiger partial charge on any atom is -0.494 e. The average Bonchev–Trinajstić information content (AvgIpc) is 3.52. The molecule has 1 fully saturated rings. The first-order valence-electron chi connectivity index (χ1n) is 10.5. The van der Waals surface area contributed by atoms with Crippen molar-refractivity contribution in [3.8, 4) is 5.75 Å². The molecule has 1 aliphatic rings. The molecule has 1 N–H and O–H groups in total. The average molecular weight is 463 g/mol. The van der Waals surface area contributed by atoms with Crippen LogP contribution in [0.25, 0.3) is 5.65 Å². The highest BCUT2D eigenvalue weighted by molar-refractivity contribution is 7.90. The summed E-state index contributed by atoms with van der Waals surface area (Å²) < 4.78 is 31.4. The van der Waals surface area contributed by atoms with Gasteiger partial charge in [0.15, 0.2) is 0 Å². The van der Waals surface area contributed by atoms with Crippen LogP contribution in [0.1, 0.15) is 50.2 Å². The number of amides is 1. The number of aromatic nitrogens is 3. The van der Waals surface area contributed by atoms with Crippen molar-refractivity contribution in [2.24, 2.45) is 0 Å². The van der Waals surface area contributed by atoms with Crippen LogP contribution in [0.2, 0.25) is 0 Å². The molecule has 174 valence electrons. The van der Waals surface area contributed by atoms with Crippen LogP contribution in [0.4, 0.5) is 5.69 Å². The number of nitrogens with zero attached hydrogens (tertiary/aromatic N) is 3. The van der Waals surface area contributed by atoms with Crippen LogP contribution in [0.5, 0.6) is 5.75 Å². The molecule has 1 aliphatic carbocycles. The van der Waals surface area contributed by atoms with E-state index in [1.54, 1.807) is 39.7 Å². The summed E-state index contributed by atoms with van der Waals surface area (Å²) in [6.07, 6.45) is 8.39. The maximum Gasteiger partial charge on any atom is 0.263 e. The van der Waals surface area contributed by atoms with E-state index >= 15 is 0 Å². The van der Waals surface area contributed by atoms with Crippen molar-refractivity contribution in [2.75, 3.05) is 24.4 Å². The summed E-state index contributed by atoms with van der Waals surface area (Å²) >= 11 is 0. The number of rotatable bonds is 7. The summed E-state index contributed by atoms with van der Waals surface area (Å²) in [7, 11) is -1.63. The highest BCUT2D eigenvalue weighted by Gasteiger charge is 2.26. The third-order valence-corrected chi connectivity index (χ3v) is 5.91. The summed E-state index contributed by atoms with van der Waals surface area (Å²) in [6, 6.07) is 5.01. The predicted octanol–water partition coefficient (Wildman–Crippen LogP) is 2.95. The van der Waals surface area contributed by atoms with Crippen molar-refractivity contribution in [3.63, 3.8) is 0 Å². The number of aryl methyl sites for hydroxylation is 1. The number of sulfone groups is 1. The topological polar surface area (TPSA) is 112 Å². The smallest absolute Gasteiger partial charge is 0.263 e. The van der Waals surface area contributed by atoms with Crippen LogP contribution >= 0.6 is 0 Å². The maximum absolute atomic E-state index is 12.8. The molecule has 0 saturated heterocycles. The van der Waals surface area contributed by atoms with Crippen LogP contribution in [0.3, 0.4) is 0 Å². The lowest BCUT2D eigenvalue weighted by atomic mass is 10.2. The van der Waals surface area contributed by atoms with Gasteiger partial charge in [-0.2, -0.15) is 0 Å². The third kappa shape index (κ3) is 5.37. The number of pyridine rings is 2. The largest absolute Gasteiger partial charge is 0.494 e. The SMILES string of the molecule is CC.COc1cc2nc(CCS(C)(=O)=O)cn2cc1NC(=O)c1cccn(C2CC2)c1=O.[HH]. The predicted molar refractivity (Wildman–Crippen MR) is 126 cm³/mol. The van der Waals surface area contributed by atoms with E-state index in [0.717, 1.165) is 12.8 Å². The van der Waals surface area contributed by atoms with Gasteiger partial charge in [-0.15, -0.1) is 0 Å². The Kier molecular flexibility index (Phi) is 7.02. The van der Waals surface area contributed by atoms with Crippen LogP contribution in [0.15, 0.2) is 41.6 Å². The molecule has 0 aromatic carbocycles. The maximum atomic E-state index is 12.8. The van der Waals surface area contributed by atoms with Crippen LogP contribution < -0.4 is 15.6 Å². The van der Waals surface area contributed by atoms with Crippen molar-refractivity contribution >= 4 is 27.1 Å². The number of imidazole rings is 1. The summed E-state index contributed by atoms with van der Waals surface area (Å²) in [6.45, 7) is 4.00. The quantitative estimate of drug-likeness (QED) is 0.578. The first-order chi connectivity index (χ1) is 15.2. The van der Waals surface area contributed by atoms with Gasteiger partial charge in [0.1, 0.15) is 32.5 Å². The summed E-state index contributed by atoms with van der Waals surface area (Å²) in [4.78, 5) is 29.8. The molecule has 0 spiro atoms. The highest BCUT2D eigenvalue weighted by Crippen LogP contribution is 2.33. The molecule has 0 radical (unpaired) electrons. The monoisotopic (exact) mass is 462 g/mol. The molecule has 3 heterocycles. The Balaban J connectivity index is 0.00000125. The van der Waals surface area contributed by atoms with E-state index < -0.39 is 15.7 Å². The van der Waals surface area contributed by atoms with Gasteiger partial charge in [0, 0.05) is 44.8 Å². The molecule has 1 saturated carbocycles. The van der Waals surface area contributed by atoms with Crippen LogP contribution in [0, 0.1) is 0 Å². The van der Waals surface area contributed by atoms with E-state index in [1.165, 1.54) is 19.4 Å². The molecule has 9 nitrogen and oxygen atoms in total. The van der Waals surface area contributed by atoms with Gasteiger partial charge >= 0.3 is 0 Å². The molecular formula is C22H30N4O5S. The van der Waals surface area contributed by atoms with Gasteiger partial charge in [-0.1, -0.05) is 13.8 Å². The molecule has 32 heavy (non-hydrogen) atoms. The van der Waals surface area contributed by atoms with Gasteiger partial charge < -0.3 is 19.0 Å². The van der Waals surface area contributed by atoms with Gasteiger partial charge in [0.2, 0.25) is 0 Å². The number of nitrogens with one attached hydrogen (secondary N) is 1. The minimum absolute atomic E-state index is 0. The van der Waals surface area contributed by atoms with Gasteiger partial charge in [-0.25, -0.2) is 13.4 Å². The summed E-state index contributed by atoms with van der Waals surface area (Å²) in [5, 5.41) is 2.74. The fraction of sp³-hybridized carbons (Fsp3) is 0.409. The Morgan fingerprint density at radius 1 is 1.31 bits per heavy atom. The number of hydrogen-bond acceptors (Lipinski definition) is 6. The standard InChI is InChI=1S/C20H22N4O5S.C2H6.H2/c1-29-17-10-18-21-13(7-9-30(2,27)28)11-23(18)12-16(17)22-19(25)15-4-3-8-24(20(15)26)14-5-6-14;1-2;/h3-4,8,10-12,14H,5-7,9H2,1-2H3,(H,22,25);1-2H3;1H. The van der Waals surface area contributed by atoms with E-state index in [1.807, 2.05) is 13.8 Å². The van der Waals surface area contributed by atoms with Crippen LogP contribution in [-0.4, -0.2) is 47.4 Å². The number of hydrogen-bond donors (Lipinski definition) is 1. The number of methoxy groups -OCH3 is 1. The number of ether oxygens (including phenoxy) is 1. The lowest BCUT2D eigenvalue weighted by Crippen LogP contribution is -2.28. The fourth-order valence-corrected chi connectivity index (χ4v) is 3.83. The Bertz CT molecular complexity index is 1300. The van der Waals surface area contributed by atoms with Crippen molar-refractivity contribution < 1.29 is 19.4 Å². The Labute approximate surface area is 188 Å². The Morgan fingerprint density at radius 3 is 2.66 bits per heavy atom. The van der Waals surface area contributed by atoms with E-state index in [9.17, 15) is 18.0 Å². The zero-order valence-electron chi connectivity index (χ0n) is 18.7. The number of anilines is 1. The minimum atomic E-state index is -3.10. The van der Waals surface area contributed by atoms with Crippen molar-refractivity contribution in [1.82, 2.24) is 14.0 Å². The zero-order chi connectivity index (χ0) is 23.5. The number of carbonyl (C=O) groups excluding carboxylic acids is 1. The van der Waals surface area contributed by atoms with Crippen LogP contribution in [-0.2, 0) is 16.3 Å². The highest BCUT2D eigenvalue weighted by atomic mass is 32.2. The molecule has 0 bridgehead atoms. The normalized spacial score (nSPS) is 13.4. The van der Waals surface area contributed by atoms with E-state index in [2.05, 4.69) is 10.3 Å². The van der Waals surface area contributed by atoms with E-state index in [4.69, 9.17) is 4.74 Å². The number of carbonyl (C=O) groups is 1. The van der Waals surface area contributed by atoms with Gasteiger partial charge in [0.05, 0.1) is 18.6 Å². The van der Waals surface area contributed by atoms with Crippen molar-refractivity contribution in [1.29, 1.82) is 0 Å². The summed E-state index contributed by atoms with van der Waals surface area (Å²) in [5.74, 6) is -0.140. The molecule has 1 amide bonds. The lowest BCUT2D eigenvalue weighted by Gasteiger charge is -2.11. The lowest BCUT2D eigenvalue weighted by molar-refractivity contribution is 0.102. The van der Waals surface area contributed by atoms with E-state index in [-0.39, 0.29) is 30.8 Å². The van der Waals surface area contributed by atoms with Gasteiger partial charge in [-0.05, 0) is 25.0 Å². The zero-order valence-corrected chi connectivity index (χ0v) is 19.5. The Morgan fingerprint density at radius 2 is 2.03 bits per heavy atom. The Hall–Kier alpha value is -3.14. The second-order valence-corrected chi connectivity index (χ2v) is 9.71. The molecule has 3 aromatic heterocycles. The van der Waals surface area contributed by atoms with Crippen molar-refractivity contribution in [2.45, 2.75) is 39.2 Å². The molecule has 0 aliphatic heterocycles. The van der Waals surface area contributed by atoms with E-state index in [0.29, 0.717) is 22.8 Å². The molecule has 3 aromatic rings. The second-order valence-electron chi connectivity index (χ2n) is 7.45.